The van der Waals surface area contributed by atoms with Crippen LogP contribution in [0, 0.1) is 4.91 Å². The summed E-state index contributed by atoms with van der Waals surface area (Å²) in [7, 11) is 1.33. The number of alkyl halides is 6. The van der Waals surface area contributed by atoms with Crippen LogP contribution in [0.2, 0.25) is 0 Å². The Kier molecular flexibility index (Phi) is 10.2. The first kappa shape index (κ1) is 31.0. The van der Waals surface area contributed by atoms with Gasteiger partial charge in [-0.25, -0.2) is 4.98 Å². The molecular formula is C26H31F6N5O3. The van der Waals surface area contributed by atoms with Gasteiger partial charge in [-0.2, -0.15) is 26.3 Å². The van der Waals surface area contributed by atoms with Crippen molar-refractivity contribution >= 4 is 23.1 Å². The van der Waals surface area contributed by atoms with Crippen molar-refractivity contribution in [3.05, 3.63) is 47.0 Å². The quantitative estimate of drug-likeness (QED) is 0.242. The smallest absolute Gasteiger partial charge is 0.418 e. The number of pyridine rings is 1. The molecule has 0 saturated heterocycles. The van der Waals surface area contributed by atoms with Crippen LogP contribution in [0.3, 0.4) is 0 Å². The van der Waals surface area contributed by atoms with Gasteiger partial charge in [-0.1, -0.05) is 0 Å². The first-order valence-corrected chi connectivity index (χ1v) is 12.8. The largest absolute Gasteiger partial charge is 0.490 e. The molecule has 1 aliphatic carbocycles. The number of amides is 1. The van der Waals surface area contributed by atoms with Gasteiger partial charge in [0, 0.05) is 50.7 Å². The number of carbonyl (C=O) groups is 1. The van der Waals surface area contributed by atoms with Crippen molar-refractivity contribution < 1.29 is 35.9 Å². The highest BCUT2D eigenvalue weighted by atomic mass is 19.4. The Balaban J connectivity index is 1.53. The van der Waals surface area contributed by atoms with Crippen LogP contribution in [0.4, 0.5) is 43.5 Å². The molecule has 40 heavy (non-hydrogen) atoms. The SMILES string of the molecule is CCN(CCN(C)C(=O)CC(F)(F)F)c1cc(O[C@H]2CC[C@H](Nc3ccc(N=O)c(C(F)(F)F)c3)CC2)ccn1. The van der Waals surface area contributed by atoms with Crippen molar-refractivity contribution in [2.45, 2.75) is 63.5 Å². The Bertz CT molecular complexity index is 1150. The Morgan fingerprint density at radius 1 is 1.07 bits per heavy atom. The molecule has 1 heterocycles. The van der Waals surface area contributed by atoms with Crippen molar-refractivity contribution in [3.8, 4) is 5.75 Å². The summed E-state index contributed by atoms with van der Waals surface area (Å²) in [6.07, 6.45) is -6.71. The molecule has 8 nitrogen and oxygen atoms in total. The second-order valence-corrected chi connectivity index (χ2v) is 9.59. The molecule has 1 aromatic carbocycles. The first-order valence-electron chi connectivity index (χ1n) is 12.8. The number of rotatable bonds is 11. The molecule has 1 N–H and O–H groups in total. The zero-order valence-corrected chi connectivity index (χ0v) is 22.1. The second kappa shape index (κ2) is 13.2. The molecule has 1 fully saturated rings. The van der Waals surface area contributed by atoms with E-state index < -0.39 is 35.9 Å². The predicted molar refractivity (Wildman–Crippen MR) is 138 cm³/mol. The van der Waals surface area contributed by atoms with Gasteiger partial charge >= 0.3 is 12.4 Å². The van der Waals surface area contributed by atoms with E-state index in [-0.39, 0.29) is 30.9 Å². The van der Waals surface area contributed by atoms with Gasteiger partial charge in [0.1, 0.15) is 23.7 Å². The molecule has 1 amide bonds. The number of hydrogen-bond acceptors (Lipinski definition) is 7. The lowest BCUT2D eigenvalue weighted by molar-refractivity contribution is -0.160. The third-order valence-electron chi connectivity index (χ3n) is 6.65. The van der Waals surface area contributed by atoms with E-state index in [9.17, 15) is 36.0 Å². The minimum Gasteiger partial charge on any atom is -0.490 e. The fourth-order valence-electron chi connectivity index (χ4n) is 4.47. The van der Waals surface area contributed by atoms with Gasteiger partial charge in [-0.15, -0.1) is 4.91 Å². The van der Waals surface area contributed by atoms with E-state index in [4.69, 9.17) is 4.74 Å². The number of nitrogens with zero attached hydrogens (tertiary/aromatic N) is 4. The summed E-state index contributed by atoms with van der Waals surface area (Å²) in [5.41, 5.74) is -1.48. The van der Waals surface area contributed by atoms with Crippen LogP contribution in [0.15, 0.2) is 41.7 Å². The van der Waals surface area contributed by atoms with Crippen molar-refractivity contribution in [1.29, 1.82) is 0 Å². The molecule has 0 spiro atoms. The fourth-order valence-corrected chi connectivity index (χ4v) is 4.47. The number of likely N-dealkylation sites (N-methyl/N-ethyl adjacent to an activating group) is 2. The summed E-state index contributed by atoms with van der Waals surface area (Å²) in [4.78, 5) is 29.7. The number of nitrogens with one attached hydrogen (secondary N) is 1. The maximum Gasteiger partial charge on any atom is 0.418 e. The molecule has 0 unspecified atom stereocenters. The summed E-state index contributed by atoms with van der Waals surface area (Å²) >= 11 is 0. The molecule has 1 aromatic heterocycles. The van der Waals surface area contributed by atoms with Gasteiger partial charge in [-0.05, 0) is 62.0 Å². The first-order chi connectivity index (χ1) is 18.8. The molecule has 3 rings (SSSR count). The summed E-state index contributed by atoms with van der Waals surface area (Å²) < 4.78 is 83.3. The summed E-state index contributed by atoms with van der Waals surface area (Å²) in [5.74, 6) is 0.114. The van der Waals surface area contributed by atoms with Crippen molar-refractivity contribution in [2.24, 2.45) is 5.18 Å². The second-order valence-electron chi connectivity index (χ2n) is 9.59. The van der Waals surface area contributed by atoms with Crippen LogP contribution in [-0.2, 0) is 11.0 Å². The normalized spacial score (nSPS) is 17.7. The van der Waals surface area contributed by atoms with Gasteiger partial charge in [0.2, 0.25) is 5.91 Å². The number of ether oxygens (including phenoxy) is 1. The van der Waals surface area contributed by atoms with Gasteiger partial charge in [0.25, 0.3) is 0 Å². The van der Waals surface area contributed by atoms with E-state index in [1.807, 2.05) is 11.8 Å². The lowest BCUT2D eigenvalue weighted by Gasteiger charge is -2.31. The van der Waals surface area contributed by atoms with Crippen LogP contribution in [-0.4, -0.2) is 60.8 Å². The minimum atomic E-state index is -4.69. The van der Waals surface area contributed by atoms with E-state index in [0.717, 1.165) is 17.0 Å². The monoisotopic (exact) mass is 575 g/mol. The molecule has 0 bridgehead atoms. The maximum absolute atomic E-state index is 13.2. The zero-order valence-electron chi connectivity index (χ0n) is 22.1. The number of hydrogen-bond donors (Lipinski definition) is 1. The van der Waals surface area contributed by atoms with Gasteiger partial charge in [-0.3, -0.25) is 4.79 Å². The summed E-state index contributed by atoms with van der Waals surface area (Å²) in [5, 5.41) is 5.56. The number of carbonyl (C=O) groups excluding carboxylic acids is 1. The van der Waals surface area contributed by atoms with Gasteiger partial charge in [0.15, 0.2) is 0 Å². The highest BCUT2D eigenvalue weighted by Crippen LogP contribution is 2.38. The standard InChI is InChI=1S/C26H31F6N5O3/c1-3-37(13-12-36(2)24(38)16-25(27,28)29)23-15-20(10-11-33-23)40-19-7-4-17(5-8-19)34-18-6-9-22(35-39)21(14-18)26(30,31)32/h6,9-11,14-15,17,19,34H,3-5,7-8,12-13,16H2,1-2H3/t17-,19-. The molecule has 2 aromatic rings. The Morgan fingerprint density at radius 2 is 1.77 bits per heavy atom. The van der Waals surface area contributed by atoms with Crippen LogP contribution in [0.25, 0.3) is 0 Å². The third kappa shape index (κ3) is 8.98. The van der Waals surface area contributed by atoms with Gasteiger partial charge < -0.3 is 19.9 Å². The molecule has 14 heteroatoms. The van der Waals surface area contributed by atoms with Crippen LogP contribution in [0.1, 0.15) is 44.6 Å². The molecule has 220 valence electrons. The van der Waals surface area contributed by atoms with Crippen LogP contribution < -0.4 is 15.0 Å². The summed E-state index contributed by atoms with van der Waals surface area (Å²) in [6, 6.07) is 6.69. The fraction of sp³-hybridized carbons (Fsp3) is 0.538. The van der Waals surface area contributed by atoms with E-state index in [0.29, 0.717) is 43.8 Å². The van der Waals surface area contributed by atoms with E-state index >= 15 is 0 Å². The average Bonchev–Trinajstić information content (AvgIpc) is 2.89. The lowest BCUT2D eigenvalue weighted by Crippen LogP contribution is -2.38. The number of benzene rings is 1. The van der Waals surface area contributed by atoms with Crippen molar-refractivity contribution in [3.63, 3.8) is 0 Å². The van der Waals surface area contributed by atoms with Crippen molar-refractivity contribution in [2.75, 3.05) is 36.9 Å². The molecule has 1 saturated carbocycles. The van der Waals surface area contributed by atoms with Gasteiger partial charge in [0.05, 0.1) is 11.7 Å². The minimum absolute atomic E-state index is 0.0726. The number of aromatic nitrogens is 1. The number of nitroso groups, excluding NO2 is 1. The highest BCUT2D eigenvalue weighted by Gasteiger charge is 2.35. The van der Waals surface area contributed by atoms with Crippen molar-refractivity contribution in [1.82, 2.24) is 9.88 Å². The third-order valence-corrected chi connectivity index (χ3v) is 6.65. The molecule has 0 radical (unpaired) electrons. The topological polar surface area (TPSA) is 87.1 Å². The average molecular weight is 576 g/mol. The Morgan fingerprint density at radius 3 is 2.38 bits per heavy atom. The number of halogens is 6. The zero-order chi connectivity index (χ0) is 29.5. The van der Waals surface area contributed by atoms with E-state index in [1.54, 1.807) is 18.3 Å². The Hall–Kier alpha value is -3.58. The van der Waals surface area contributed by atoms with Crippen LogP contribution in [0.5, 0.6) is 5.75 Å². The van der Waals surface area contributed by atoms with Crippen LogP contribution >= 0.6 is 0 Å². The summed E-state index contributed by atoms with van der Waals surface area (Å²) in [6.45, 7) is 2.74. The molecule has 0 atom stereocenters. The molecule has 1 aliphatic rings. The number of anilines is 2. The molecule has 0 aliphatic heterocycles. The highest BCUT2D eigenvalue weighted by molar-refractivity contribution is 5.76. The predicted octanol–water partition coefficient (Wildman–Crippen LogP) is 6.54. The maximum atomic E-state index is 13.2. The Labute approximate surface area is 227 Å². The van der Waals surface area contributed by atoms with E-state index in [2.05, 4.69) is 15.5 Å². The lowest BCUT2D eigenvalue weighted by atomic mass is 9.92. The van der Waals surface area contributed by atoms with E-state index in [1.165, 1.54) is 13.1 Å². The molecular weight excluding hydrogens is 544 g/mol.